The summed E-state index contributed by atoms with van der Waals surface area (Å²) in [6, 6.07) is 3.34. The van der Waals surface area contributed by atoms with E-state index in [1.165, 1.54) is 11.5 Å². The summed E-state index contributed by atoms with van der Waals surface area (Å²) in [5.74, 6) is -1.20. The molecule has 1 heterocycles. The van der Waals surface area contributed by atoms with Crippen LogP contribution in [-0.4, -0.2) is 27.4 Å². The highest BCUT2D eigenvalue weighted by Crippen LogP contribution is 2.26. The lowest BCUT2D eigenvalue weighted by Crippen LogP contribution is -2.24. The molecule has 1 aromatic heterocycles. The second-order valence-corrected chi connectivity index (χ2v) is 4.98. The van der Waals surface area contributed by atoms with Gasteiger partial charge in [0.1, 0.15) is 5.69 Å². The molecule has 0 saturated carbocycles. The number of benzene rings is 1. The van der Waals surface area contributed by atoms with Gasteiger partial charge in [-0.1, -0.05) is 17.7 Å². The van der Waals surface area contributed by atoms with Crippen LogP contribution < -0.4 is 5.43 Å². The van der Waals surface area contributed by atoms with E-state index in [-0.39, 0.29) is 34.9 Å². The first-order chi connectivity index (χ1) is 9.40. The number of aromatic nitrogens is 1. The Morgan fingerprint density at radius 1 is 1.35 bits per heavy atom. The first kappa shape index (κ1) is 14.6. The number of aliphatic hydroxyl groups is 1. The number of rotatable bonds is 3. The number of fused-ring (bicyclic) bond motifs is 1. The van der Waals surface area contributed by atoms with E-state index < -0.39 is 5.97 Å². The zero-order valence-corrected chi connectivity index (χ0v) is 11.9. The molecule has 0 aliphatic rings. The topological polar surface area (TPSA) is 79.5 Å². The van der Waals surface area contributed by atoms with Crippen molar-refractivity contribution >= 4 is 28.5 Å². The minimum Gasteiger partial charge on any atom is -0.477 e. The van der Waals surface area contributed by atoms with Crippen LogP contribution in [0.1, 0.15) is 21.6 Å². The molecule has 2 N–H and O–H groups in total. The Labute approximate surface area is 120 Å². The fourth-order valence-corrected chi connectivity index (χ4v) is 2.68. The number of hydrogen-bond donors (Lipinski definition) is 2. The molecule has 106 valence electrons. The predicted molar refractivity (Wildman–Crippen MR) is 76.7 cm³/mol. The molecule has 0 aliphatic heterocycles. The Bertz CT molecular complexity index is 764. The number of aryl methyl sites for hydroxylation is 1. The minimum absolute atomic E-state index is 0.0838. The van der Waals surface area contributed by atoms with E-state index in [9.17, 15) is 19.8 Å². The van der Waals surface area contributed by atoms with Crippen molar-refractivity contribution in [1.82, 2.24) is 4.57 Å². The Morgan fingerprint density at radius 2 is 2.00 bits per heavy atom. The van der Waals surface area contributed by atoms with Gasteiger partial charge in [-0.25, -0.2) is 4.79 Å². The summed E-state index contributed by atoms with van der Waals surface area (Å²) in [7, 11) is 0. The Balaban J connectivity index is 3.13. The molecular formula is C14H14ClNO4. The summed E-state index contributed by atoms with van der Waals surface area (Å²) in [5.41, 5.74) is 0.810. The molecule has 0 spiro atoms. The third-order valence-corrected chi connectivity index (χ3v) is 3.63. The standard InChI is InChI=1S/C14H14ClNO4/c1-7-3-4-9(15)10-11(7)16(5-6-17)12(14(19)20)8(2)13(10)18/h3-4,17H,5-6H2,1-2H3,(H,19,20). The summed E-state index contributed by atoms with van der Waals surface area (Å²) < 4.78 is 1.44. The molecule has 0 atom stereocenters. The van der Waals surface area contributed by atoms with E-state index in [0.717, 1.165) is 5.56 Å². The number of nitrogens with zero attached hydrogens (tertiary/aromatic N) is 1. The number of carboxylic acids is 1. The van der Waals surface area contributed by atoms with Gasteiger partial charge in [-0.15, -0.1) is 0 Å². The Morgan fingerprint density at radius 3 is 2.55 bits per heavy atom. The van der Waals surface area contributed by atoms with Crippen LogP contribution in [0.4, 0.5) is 0 Å². The molecular weight excluding hydrogens is 282 g/mol. The first-order valence-electron chi connectivity index (χ1n) is 6.06. The summed E-state index contributed by atoms with van der Waals surface area (Å²) in [5, 5.41) is 19.1. The molecule has 0 unspecified atom stereocenters. The zero-order valence-electron chi connectivity index (χ0n) is 11.1. The molecule has 0 amide bonds. The van der Waals surface area contributed by atoms with Crippen molar-refractivity contribution in [2.45, 2.75) is 20.4 Å². The van der Waals surface area contributed by atoms with Gasteiger partial charge in [0, 0.05) is 12.1 Å². The molecule has 0 bridgehead atoms. The number of pyridine rings is 1. The quantitative estimate of drug-likeness (QED) is 0.907. The van der Waals surface area contributed by atoms with Crippen LogP contribution in [-0.2, 0) is 6.54 Å². The lowest BCUT2D eigenvalue weighted by molar-refractivity contribution is 0.0682. The molecule has 6 heteroatoms. The summed E-state index contributed by atoms with van der Waals surface area (Å²) in [4.78, 5) is 23.8. The van der Waals surface area contributed by atoms with E-state index in [1.807, 2.05) is 0 Å². The van der Waals surface area contributed by atoms with Crippen LogP contribution in [0.15, 0.2) is 16.9 Å². The zero-order chi connectivity index (χ0) is 15.0. The van der Waals surface area contributed by atoms with Crippen LogP contribution in [0.5, 0.6) is 0 Å². The SMILES string of the molecule is Cc1c(C(=O)O)n(CCO)c2c(C)ccc(Cl)c2c1=O. The summed E-state index contributed by atoms with van der Waals surface area (Å²) in [6.07, 6.45) is 0. The van der Waals surface area contributed by atoms with Crippen molar-refractivity contribution in [3.05, 3.63) is 44.2 Å². The van der Waals surface area contributed by atoms with E-state index in [1.54, 1.807) is 19.1 Å². The lowest BCUT2D eigenvalue weighted by Gasteiger charge is -2.18. The number of aromatic carboxylic acids is 1. The van der Waals surface area contributed by atoms with Gasteiger partial charge in [0.25, 0.3) is 0 Å². The van der Waals surface area contributed by atoms with E-state index in [2.05, 4.69) is 0 Å². The molecule has 2 aromatic rings. The normalized spacial score (nSPS) is 11.0. The second-order valence-electron chi connectivity index (χ2n) is 4.57. The highest BCUT2D eigenvalue weighted by atomic mass is 35.5. The number of hydrogen-bond acceptors (Lipinski definition) is 3. The van der Waals surface area contributed by atoms with Gasteiger partial charge in [-0.3, -0.25) is 4.79 Å². The van der Waals surface area contributed by atoms with Crippen molar-refractivity contribution < 1.29 is 15.0 Å². The van der Waals surface area contributed by atoms with Crippen molar-refractivity contribution in [1.29, 1.82) is 0 Å². The monoisotopic (exact) mass is 295 g/mol. The van der Waals surface area contributed by atoms with Gasteiger partial charge in [0.2, 0.25) is 0 Å². The van der Waals surface area contributed by atoms with Crippen LogP contribution in [0.2, 0.25) is 5.02 Å². The largest absolute Gasteiger partial charge is 0.477 e. The van der Waals surface area contributed by atoms with Gasteiger partial charge >= 0.3 is 5.97 Å². The second kappa shape index (κ2) is 5.26. The summed E-state index contributed by atoms with van der Waals surface area (Å²) >= 11 is 6.09. The highest BCUT2D eigenvalue weighted by molar-refractivity contribution is 6.35. The van der Waals surface area contributed by atoms with E-state index >= 15 is 0 Å². The van der Waals surface area contributed by atoms with E-state index in [4.69, 9.17) is 11.6 Å². The number of carbonyl (C=O) groups is 1. The van der Waals surface area contributed by atoms with Gasteiger partial charge < -0.3 is 14.8 Å². The number of aliphatic hydroxyl groups excluding tert-OH is 1. The molecule has 0 aliphatic carbocycles. The maximum atomic E-state index is 12.4. The molecule has 5 nitrogen and oxygen atoms in total. The smallest absolute Gasteiger partial charge is 0.352 e. The highest BCUT2D eigenvalue weighted by Gasteiger charge is 2.21. The van der Waals surface area contributed by atoms with Crippen LogP contribution >= 0.6 is 11.6 Å². The van der Waals surface area contributed by atoms with Crippen LogP contribution in [0.25, 0.3) is 10.9 Å². The van der Waals surface area contributed by atoms with Crippen molar-refractivity contribution in [2.75, 3.05) is 6.61 Å². The fraction of sp³-hybridized carbons (Fsp3) is 0.286. The molecule has 20 heavy (non-hydrogen) atoms. The van der Waals surface area contributed by atoms with Gasteiger partial charge in [-0.05, 0) is 25.5 Å². The number of halogens is 1. The van der Waals surface area contributed by atoms with Crippen LogP contribution in [0, 0.1) is 13.8 Å². The third kappa shape index (κ3) is 2.09. The maximum Gasteiger partial charge on any atom is 0.352 e. The third-order valence-electron chi connectivity index (χ3n) is 3.32. The predicted octanol–water partition coefficient (Wildman–Crippen LogP) is 1.96. The van der Waals surface area contributed by atoms with Crippen molar-refractivity contribution in [3.8, 4) is 0 Å². The minimum atomic E-state index is -1.20. The van der Waals surface area contributed by atoms with Crippen molar-refractivity contribution in [2.24, 2.45) is 0 Å². The molecule has 2 rings (SSSR count). The maximum absolute atomic E-state index is 12.4. The Hall–Kier alpha value is -1.85. The van der Waals surface area contributed by atoms with Gasteiger partial charge in [0.15, 0.2) is 5.43 Å². The average Bonchev–Trinajstić information content (AvgIpc) is 2.38. The fourth-order valence-electron chi connectivity index (χ4n) is 2.44. The van der Waals surface area contributed by atoms with Crippen LogP contribution in [0.3, 0.4) is 0 Å². The van der Waals surface area contributed by atoms with Gasteiger partial charge in [0.05, 0.1) is 22.5 Å². The molecule has 0 radical (unpaired) electrons. The van der Waals surface area contributed by atoms with E-state index in [0.29, 0.717) is 10.9 Å². The lowest BCUT2D eigenvalue weighted by atomic mass is 10.0. The first-order valence-corrected chi connectivity index (χ1v) is 6.44. The molecule has 1 aromatic carbocycles. The molecule has 0 fully saturated rings. The molecule has 0 saturated heterocycles. The Kier molecular flexibility index (Phi) is 3.83. The average molecular weight is 296 g/mol. The van der Waals surface area contributed by atoms with Crippen molar-refractivity contribution in [3.63, 3.8) is 0 Å². The summed E-state index contributed by atoms with van der Waals surface area (Å²) in [6.45, 7) is 3.08. The van der Waals surface area contributed by atoms with Gasteiger partial charge in [-0.2, -0.15) is 0 Å². The number of carboxylic acid groups (broad SMARTS) is 1.